The van der Waals surface area contributed by atoms with Gasteiger partial charge in [0, 0.05) is 65.9 Å². The molecule has 18 heteroatoms. The number of nitrogens with zero attached hydrogens (tertiary/aromatic N) is 4. The van der Waals surface area contributed by atoms with Crippen molar-refractivity contribution in [3.8, 4) is 0 Å². The third-order valence-corrected chi connectivity index (χ3v) is 7.31. The predicted octanol–water partition coefficient (Wildman–Crippen LogP) is 3.12. The average Bonchev–Trinajstić information content (AvgIpc) is 3.74. The molecule has 5 amide bonds. The van der Waals surface area contributed by atoms with Crippen molar-refractivity contribution >= 4 is 86.5 Å². The second-order valence-electron chi connectivity index (χ2n) is 10.6. The van der Waals surface area contributed by atoms with Crippen molar-refractivity contribution in [2.24, 2.45) is 33.9 Å². The topological polar surface area (TPSA) is 215 Å². The van der Waals surface area contributed by atoms with Gasteiger partial charge in [0.25, 0.3) is 29.5 Å². The van der Waals surface area contributed by atoms with Crippen molar-refractivity contribution in [3.05, 3.63) is 82.9 Å². The zero-order valence-electron chi connectivity index (χ0n) is 26.4. The number of carbonyl (C=O) groups excluding carboxylic acids is 5. The van der Waals surface area contributed by atoms with E-state index in [4.69, 9.17) is 11.1 Å². The first-order valence-corrected chi connectivity index (χ1v) is 14.8. The summed E-state index contributed by atoms with van der Waals surface area (Å²) in [5.74, 6) is -2.38. The van der Waals surface area contributed by atoms with Gasteiger partial charge in [-0.15, -0.1) is 12.4 Å². The van der Waals surface area contributed by atoms with Crippen molar-refractivity contribution in [2.45, 2.75) is 6.42 Å². The lowest BCUT2D eigenvalue weighted by atomic mass is 10.3. The summed E-state index contributed by atoms with van der Waals surface area (Å²) in [4.78, 5) is 63.9. The van der Waals surface area contributed by atoms with Crippen molar-refractivity contribution < 1.29 is 24.0 Å². The van der Waals surface area contributed by atoms with Gasteiger partial charge >= 0.3 is 0 Å². The highest BCUT2D eigenvalue weighted by atomic mass is 79.9. The van der Waals surface area contributed by atoms with Gasteiger partial charge in [-0.3, -0.25) is 29.4 Å². The minimum Gasteiger partial charge on any atom is -0.388 e. The van der Waals surface area contributed by atoms with Crippen molar-refractivity contribution in [3.63, 3.8) is 0 Å². The number of carbonyl (C=O) groups is 5. The van der Waals surface area contributed by atoms with Crippen molar-refractivity contribution in [1.29, 1.82) is 5.41 Å². The van der Waals surface area contributed by atoms with Crippen LogP contribution in [-0.2, 0) is 33.0 Å². The molecule has 16 nitrogen and oxygen atoms in total. The van der Waals surface area contributed by atoms with E-state index in [1.807, 2.05) is 0 Å². The van der Waals surface area contributed by atoms with E-state index in [1.165, 1.54) is 22.8 Å². The third kappa shape index (κ3) is 8.62. The van der Waals surface area contributed by atoms with Crippen LogP contribution >= 0.6 is 28.3 Å². The molecule has 0 radical (unpaired) electrons. The molecule has 4 rings (SSSR count). The van der Waals surface area contributed by atoms with Gasteiger partial charge in [-0.05, 0) is 40.2 Å². The molecule has 0 atom stereocenters. The molecule has 0 saturated heterocycles. The largest absolute Gasteiger partial charge is 0.388 e. The van der Waals surface area contributed by atoms with Crippen molar-refractivity contribution in [1.82, 2.24) is 23.6 Å². The molecular weight excluding hydrogens is 710 g/mol. The Morgan fingerprint density at radius 1 is 0.750 bits per heavy atom. The van der Waals surface area contributed by atoms with Gasteiger partial charge in [0.15, 0.2) is 0 Å². The molecule has 4 heterocycles. The van der Waals surface area contributed by atoms with Crippen LogP contribution in [0, 0.1) is 5.41 Å². The van der Waals surface area contributed by atoms with Crippen LogP contribution in [0.1, 0.15) is 48.4 Å². The van der Waals surface area contributed by atoms with Crippen LogP contribution in [0.5, 0.6) is 0 Å². The number of hydrogen-bond acceptors (Lipinski definition) is 6. The second-order valence-corrected chi connectivity index (χ2v) is 11.6. The van der Waals surface area contributed by atoms with Gasteiger partial charge in [0.2, 0.25) is 0 Å². The van der Waals surface area contributed by atoms with Crippen LogP contribution in [0.3, 0.4) is 0 Å². The number of nitrogens with two attached hydrogens (primary N) is 1. The maximum atomic E-state index is 13.2. The maximum absolute atomic E-state index is 13.2. The van der Waals surface area contributed by atoms with Gasteiger partial charge in [0.05, 0.1) is 33.1 Å². The molecule has 48 heavy (non-hydrogen) atoms. The van der Waals surface area contributed by atoms with Crippen molar-refractivity contribution in [2.75, 3.05) is 27.8 Å². The number of amides is 5. The summed E-state index contributed by atoms with van der Waals surface area (Å²) in [5, 5.41) is 20.8. The SMILES string of the molecule is C=C(Br)C(=O)Nc1ccn(C)c1C(=O)Nc1cc(C(=O)Nc2cc(C(=O)Nc3cc(C(=O)NCCC(=N)N)n(C)c3)n(C)c2)n(C)c1.Cl. The van der Waals surface area contributed by atoms with E-state index >= 15 is 0 Å². The summed E-state index contributed by atoms with van der Waals surface area (Å²) >= 11 is 3.01. The molecule has 4 aromatic heterocycles. The quantitative estimate of drug-likeness (QED) is 0.0657. The summed E-state index contributed by atoms with van der Waals surface area (Å²) in [6.45, 7) is 3.74. The summed E-state index contributed by atoms with van der Waals surface area (Å²) in [6.07, 6.45) is 6.57. The van der Waals surface area contributed by atoms with Crippen LogP contribution in [0.4, 0.5) is 22.7 Å². The van der Waals surface area contributed by atoms with E-state index in [2.05, 4.69) is 49.1 Å². The molecule has 0 aliphatic rings. The number of anilines is 4. The lowest BCUT2D eigenvalue weighted by Crippen LogP contribution is -2.28. The van der Waals surface area contributed by atoms with E-state index in [-0.39, 0.29) is 64.4 Å². The van der Waals surface area contributed by atoms with E-state index in [9.17, 15) is 24.0 Å². The summed E-state index contributed by atoms with van der Waals surface area (Å²) < 4.78 is 6.29. The number of hydrogen-bond donors (Lipinski definition) is 7. The Morgan fingerprint density at radius 3 is 1.62 bits per heavy atom. The smallest absolute Gasteiger partial charge is 0.274 e. The monoisotopic (exact) mass is 743 g/mol. The second kappa shape index (κ2) is 15.4. The van der Waals surface area contributed by atoms with E-state index in [0.717, 1.165) is 0 Å². The third-order valence-electron chi connectivity index (χ3n) is 6.95. The fourth-order valence-corrected chi connectivity index (χ4v) is 4.76. The van der Waals surface area contributed by atoms with Crippen LogP contribution < -0.4 is 32.3 Å². The maximum Gasteiger partial charge on any atom is 0.274 e. The lowest BCUT2D eigenvalue weighted by Gasteiger charge is -2.09. The van der Waals surface area contributed by atoms with Gasteiger partial charge < -0.3 is 50.6 Å². The Labute approximate surface area is 289 Å². The molecule has 4 aromatic rings. The minimum absolute atomic E-state index is 0. The summed E-state index contributed by atoms with van der Waals surface area (Å²) in [5.41, 5.74) is 7.65. The fraction of sp³-hybridized carbons (Fsp3) is 0.200. The average molecular weight is 745 g/mol. The molecular formula is C30H35BrClN11O5. The fourth-order valence-electron chi connectivity index (χ4n) is 4.66. The van der Waals surface area contributed by atoms with E-state index in [0.29, 0.717) is 22.8 Å². The zero-order chi connectivity index (χ0) is 34.6. The molecule has 254 valence electrons. The summed E-state index contributed by atoms with van der Waals surface area (Å²) in [6, 6.07) is 6.10. The Hall–Kier alpha value is -5.55. The first-order chi connectivity index (χ1) is 22.1. The number of halogens is 2. The van der Waals surface area contributed by atoms with Gasteiger partial charge in [-0.1, -0.05) is 6.58 Å². The number of rotatable bonds is 12. The minimum atomic E-state index is -0.511. The van der Waals surface area contributed by atoms with Crippen LogP contribution in [0.2, 0.25) is 0 Å². The number of aromatic nitrogens is 4. The highest BCUT2D eigenvalue weighted by Gasteiger charge is 2.21. The van der Waals surface area contributed by atoms with Crippen LogP contribution in [0.25, 0.3) is 0 Å². The number of amidine groups is 1. The van der Waals surface area contributed by atoms with Gasteiger partial charge in [-0.2, -0.15) is 0 Å². The predicted molar refractivity (Wildman–Crippen MR) is 188 cm³/mol. The van der Waals surface area contributed by atoms with E-state index < -0.39 is 23.6 Å². The van der Waals surface area contributed by atoms with E-state index in [1.54, 1.807) is 72.7 Å². The molecule has 0 fully saturated rings. The van der Waals surface area contributed by atoms with Crippen LogP contribution in [-0.4, -0.2) is 60.2 Å². The Morgan fingerprint density at radius 2 is 1.19 bits per heavy atom. The lowest BCUT2D eigenvalue weighted by molar-refractivity contribution is -0.112. The number of nitrogens with one attached hydrogen (secondary N) is 6. The molecule has 8 N–H and O–H groups in total. The van der Waals surface area contributed by atoms with Gasteiger partial charge in [-0.25, -0.2) is 0 Å². The Bertz CT molecular complexity index is 1930. The number of aryl methyl sites for hydroxylation is 4. The van der Waals surface area contributed by atoms with Gasteiger partial charge in [0.1, 0.15) is 22.8 Å². The molecule has 0 aliphatic heterocycles. The standard InChI is InChI=1S/C30H34BrN11O5.ClH/c1-16(31)26(43)38-20-7-9-39(2)25(20)30(47)37-19-12-23(42(5)15-19)29(46)36-18-11-22(41(4)14-18)28(45)35-17-10-21(40(3)13-17)27(44)34-8-6-24(32)33;/h7,9-15H,1,6,8H2,2-5H3,(H3,32,33)(H,34,44)(H,35,45)(H,36,46)(H,37,47)(H,38,43);1H. The zero-order valence-corrected chi connectivity index (χ0v) is 28.8. The molecule has 0 aliphatic carbocycles. The Kier molecular flexibility index (Phi) is 11.8. The first-order valence-electron chi connectivity index (χ1n) is 14.0. The molecule has 0 unspecified atom stereocenters. The normalized spacial score (nSPS) is 10.4. The highest BCUT2D eigenvalue weighted by molar-refractivity contribution is 9.12. The van der Waals surface area contributed by atoms with Crippen LogP contribution in [0.15, 0.2) is 60.1 Å². The molecule has 0 bridgehead atoms. The molecule has 0 aromatic carbocycles. The Balaban J connectivity index is 0.00000625. The first kappa shape index (κ1) is 36.9. The highest BCUT2D eigenvalue weighted by Crippen LogP contribution is 2.22. The summed E-state index contributed by atoms with van der Waals surface area (Å²) in [7, 11) is 6.60. The molecule has 0 saturated carbocycles. The molecule has 0 spiro atoms.